The van der Waals surface area contributed by atoms with E-state index >= 15 is 0 Å². The molecule has 0 aliphatic carbocycles. The van der Waals surface area contributed by atoms with Crippen molar-refractivity contribution in [2.75, 3.05) is 26.4 Å². The predicted molar refractivity (Wildman–Crippen MR) is 300 cm³/mol. The molecule has 0 bridgehead atoms. The summed E-state index contributed by atoms with van der Waals surface area (Å²) in [6, 6.07) is -0.972. The summed E-state index contributed by atoms with van der Waals surface area (Å²) in [5.74, 6) is -0.289. The Hall–Kier alpha value is -2.77. The van der Waals surface area contributed by atoms with Crippen molar-refractivity contribution in [3.05, 3.63) is 72.9 Å². The van der Waals surface area contributed by atoms with E-state index in [1.807, 2.05) is 6.08 Å². The fourth-order valence-electron chi connectivity index (χ4n) is 9.63. The molecular weight excluding hydrogens is 1020 g/mol. The molecule has 0 radical (unpaired) electrons. The monoisotopic (exact) mass is 1130 g/mol. The van der Waals surface area contributed by atoms with Crippen LogP contribution in [0.5, 0.6) is 0 Å². The van der Waals surface area contributed by atoms with Crippen LogP contribution in [0.2, 0.25) is 0 Å². The van der Waals surface area contributed by atoms with Crippen molar-refractivity contribution in [3.63, 3.8) is 0 Å². The lowest BCUT2D eigenvalue weighted by Crippen LogP contribution is -2.66. The van der Waals surface area contributed by atoms with Gasteiger partial charge in [0.15, 0.2) is 18.9 Å². The maximum absolute atomic E-state index is 13.2. The molecule has 0 aromatic rings. The number of hydrogen-bond donors (Lipinski definition) is 12. The summed E-state index contributed by atoms with van der Waals surface area (Å²) >= 11 is 0. The first-order chi connectivity index (χ1) is 38.3. The fourth-order valence-corrected chi connectivity index (χ4v) is 9.63. The molecule has 3 fully saturated rings. The Kier molecular flexibility index (Phi) is 38.3. The molecule has 79 heavy (non-hydrogen) atoms. The largest absolute Gasteiger partial charge is 0.394 e. The highest BCUT2D eigenvalue weighted by atomic mass is 16.8. The van der Waals surface area contributed by atoms with Crippen LogP contribution < -0.4 is 5.32 Å². The first kappa shape index (κ1) is 70.5. The lowest BCUT2D eigenvalue weighted by Gasteiger charge is -2.48. The zero-order valence-electron chi connectivity index (χ0n) is 47.3. The second-order valence-electron chi connectivity index (χ2n) is 21.1. The maximum atomic E-state index is 13.2. The van der Waals surface area contributed by atoms with Gasteiger partial charge in [-0.05, 0) is 64.2 Å². The molecule has 3 heterocycles. The van der Waals surface area contributed by atoms with E-state index in [4.69, 9.17) is 28.4 Å². The van der Waals surface area contributed by atoms with Crippen molar-refractivity contribution in [1.29, 1.82) is 0 Å². The van der Waals surface area contributed by atoms with E-state index in [0.29, 0.717) is 6.42 Å². The summed E-state index contributed by atoms with van der Waals surface area (Å²) in [6.07, 6.45) is 24.0. The highest BCUT2D eigenvalue weighted by Crippen LogP contribution is 2.33. The van der Waals surface area contributed by atoms with Crippen molar-refractivity contribution >= 4 is 5.91 Å². The van der Waals surface area contributed by atoms with E-state index in [-0.39, 0.29) is 18.9 Å². The number of allylic oxidation sites excluding steroid dienone is 11. The third-order valence-electron chi connectivity index (χ3n) is 14.5. The molecule has 1 amide bonds. The van der Waals surface area contributed by atoms with E-state index in [1.54, 1.807) is 6.08 Å². The van der Waals surface area contributed by atoms with Gasteiger partial charge in [0.2, 0.25) is 5.91 Å². The molecule has 17 unspecified atom stereocenters. The molecular formula is C60H103NO18. The zero-order chi connectivity index (χ0) is 57.6. The first-order valence-electron chi connectivity index (χ1n) is 29.7. The predicted octanol–water partition coefficient (Wildman–Crippen LogP) is 5.04. The molecule has 3 aliphatic rings. The van der Waals surface area contributed by atoms with Gasteiger partial charge < -0.3 is 89.9 Å². The summed E-state index contributed by atoms with van der Waals surface area (Å²) in [5, 5.41) is 119. The van der Waals surface area contributed by atoms with E-state index in [2.05, 4.69) is 79.9 Å². The molecule has 456 valence electrons. The van der Waals surface area contributed by atoms with Crippen LogP contribution in [0, 0.1) is 0 Å². The van der Waals surface area contributed by atoms with Crippen LogP contribution in [0.15, 0.2) is 72.9 Å². The molecule has 3 aliphatic heterocycles. The highest BCUT2D eigenvalue weighted by Gasteiger charge is 2.53. The lowest BCUT2D eigenvalue weighted by atomic mass is 9.96. The van der Waals surface area contributed by atoms with E-state index in [1.165, 1.54) is 57.8 Å². The fraction of sp³-hybridized carbons (Fsp3) is 0.783. The number of carbonyl (C=O) groups excluding carboxylic acids is 1. The quantitative estimate of drug-likeness (QED) is 0.0282. The summed E-state index contributed by atoms with van der Waals surface area (Å²) in [4.78, 5) is 13.2. The smallest absolute Gasteiger partial charge is 0.220 e. The van der Waals surface area contributed by atoms with Gasteiger partial charge in [0.05, 0.1) is 38.6 Å². The Balaban J connectivity index is 1.34. The second kappa shape index (κ2) is 43.0. The van der Waals surface area contributed by atoms with Crippen LogP contribution in [0.1, 0.15) is 168 Å². The minimum atomic E-state index is -1.98. The number of rotatable bonds is 42. The Bertz CT molecular complexity index is 1730. The normalized spacial score (nSPS) is 30.8. The minimum absolute atomic E-state index is 0.236. The number of aliphatic hydroxyl groups is 11. The Labute approximate surface area is 470 Å². The van der Waals surface area contributed by atoms with E-state index in [9.17, 15) is 61.0 Å². The van der Waals surface area contributed by atoms with Crippen molar-refractivity contribution in [3.8, 4) is 0 Å². The third-order valence-corrected chi connectivity index (χ3v) is 14.5. The van der Waals surface area contributed by atoms with Gasteiger partial charge in [-0.2, -0.15) is 0 Å². The molecule has 0 spiro atoms. The summed E-state index contributed by atoms with van der Waals surface area (Å²) in [6.45, 7) is 1.45. The number of amides is 1. The molecule has 0 aromatic heterocycles. The SMILES string of the molecule is CC/C=C\C/C=C\C/C=C\C/C=C\C/C=C\CCCCCCCCCCCCCCCC(=O)NC(COC1OC(CO)C(OC2OC(CO)C(OC3OC(CO)C(O)C(O)C3O)C(O)C2O)C(O)C1O)C(O)/C=C/CCCCC. The Morgan fingerprint density at radius 1 is 0.468 bits per heavy atom. The zero-order valence-corrected chi connectivity index (χ0v) is 47.3. The number of hydrogen-bond acceptors (Lipinski definition) is 18. The topological polar surface area (TPSA) is 307 Å². The minimum Gasteiger partial charge on any atom is -0.394 e. The van der Waals surface area contributed by atoms with Crippen LogP contribution >= 0.6 is 0 Å². The van der Waals surface area contributed by atoms with Gasteiger partial charge in [0, 0.05) is 6.42 Å². The number of aliphatic hydroxyl groups excluding tert-OH is 11. The average molecular weight is 1130 g/mol. The molecule has 3 saturated heterocycles. The highest BCUT2D eigenvalue weighted by molar-refractivity contribution is 5.76. The van der Waals surface area contributed by atoms with Crippen molar-refractivity contribution in [2.24, 2.45) is 0 Å². The van der Waals surface area contributed by atoms with Gasteiger partial charge in [0.1, 0.15) is 73.2 Å². The van der Waals surface area contributed by atoms with Crippen molar-refractivity contribution in [1.82, 2.24) is 5.32 Å². The summed E-state index contributed by atoms with van der Waals surface area (Å²) in [5.41, 5.74) is 0. The molecule has 0 saturated carbocycles. The third kappa shape index (κ3) is 27.0. The Morgan fingerprint density at radius 2 is 0.873 bits per heavy atom. The second-order valence-corrected chi connectivity index (χ2v) is 21.1. The Morgan fingerprint density at radius 3 is 1.37 bits per heavy atom. The van der Waals surface area contributed by atoms with Crippen LogP contribution in [-0.2, 0) is 33.2 Å². The van der Waals surface area contributed by atoms with Gasteiger partial charge >= 0.3 is 0 Å². The number of carbonyl (C=O) groups is 1. The van der Waals surface area contributed by atoms with Crippen LogP contribution in [0.25, 0.3) is 0 Å². The molecule has 19 heteroatoms. The van der Waals surface area contributed by atoms with Crippen molar-refractivity contribution < 1.29 is 89.4 Å². The first-order valence-corrected chi connectivity index (χ1v) is 29.7. The van der Waals surface area contributed by atoms with E-state index < -0.39 is 124 Å². The van der Waals surface area contributed by atoms with Gasteiger partial charge in [0.25, 0.3) is 0 Å². The summed E-state index contributed by atoms with van der Waals surface area (Å²) in [7, 11) is 0. The van der Waals surface area contributed by atoms with Gasteiger partial charge in [-0.15, -0.1) is 0 Å². The average Bonchev–Trinajstić information content (AvgIpc) is 3.48. The maximum Gasteiger partial charge on any atom is 0.220 e. The van der Waals surface area contributed by atoms with Crippen LogP contribution in [0.4, 0.5) is 0 Å². The van der Waals surface area contributed by atoms with Crippen molar-refractivity contribution in [2.45, 2.75) is 272 Å². The molecule has 0 aromatic carbocycles. The van der Waals surface area contributed by atoms with E-state index in [0.717, 1.165) is 83.5 Å². The summed E-state index contributed by atoms with van der Waals surface area (Å²) < 4.78 is 34.0. The van der Waals surface area contributed by atoms with Crippen LogP contribution in [-0.4, -0.2) is 193 Å². The lowest BCUT2D eigenvalue weighted by molar-refractivity contribution is -0.379. The molecule has 3 rings (SSSR count). The standard InChI is InChI=1S/C60H103NO18/c1-3-5-7-9-10-11-12-13-14-15-16-17-18-19-20-21-22-23-24-25-26-27-28-29-30-31-32-34-36-38-48(66)61-43(44(65)37-35-33-8-6-4-2)42-74-58-54(72)51(69)56(46(40-63)76-58)79-60-55(73)52(70)57(47(41-64)77-60)78-59-53(71)50(68)49(67)45(39-62)75-59/h5,7,10-11,13-14,16-17,19-20,35,37,43-47,49-60,62-65,67-73H,3-4,6,8-9,12,15,18,21-34,36,38-42H2,1-2H3,(H,61,66)/b7-5-,11-10-,14-13-,17-16-,20-19-,37-35+. The number of ether oxygens (including phenoxy) is 6. The number of unbranched alkanes of at least 4 members (excludes halogenated alkanes) is 16. The van der Waals surface area contributed by atoms with Gasteiger partial charge in [-0.25, -0.2) is 0 Å². The molecule has 17 atom stereocenters. The number of nitrogens with one attached hydrogen (secondary N) is 1. The van der Waals surface area contributed by atoms with Gasteiger partial charge in [-0.1, -0.05) is 170 Å². The molecule has 12 N–H and O–H groups in total. The van der Waals surface area contributed by atoms with Gasteiger partial charge in [-0.3, -0.25) is 4.79 Å². The van der Waals surface area contributed by atoms with Crippen LogP contribution in [0.3, 0.4) is 0 Å². The molecule has 19 nitrogen and oxygen atoms in total.